The van der Waals surface area contributed by atoms with Crippen LogP contribution in [0.15, 0.2) is 18.5 Å². The first-order chi connectivity index (χ1) is 7.59. The molecule has 0 unspecified atom stereocenters. The molecule has 2 aromatic rings. The summed E-state index contributed by atoms with van der Waals surface area (Å²) in [5, 5.41) is 18.1. The maximum Gasteiger partial charge on any atom is 0.289 e. The molecule has 16 heavy (non-hydrogen) atoms. The molecule has 8 heteroatoms. The lowest BCUT2D eigenvalue weighted by molar-refractivity contribution is -0.385. The topological polar surface area (TPSA) is 86.7 Å². The molecule has 2 aromatic heterocycles. The average molecular weight is 240 g/mol. The van der Waals surface area contributed by atoms with Crippen molar-refractivity contribution in [3.05, 3.63) is 39.3 Å². The van der Waals surface area contributed by atoms with Gasteiger partial charge in [-0.25, -0.2) is 4.98 Å². The van der Waals surface area contributed by atoms with Crippen molar-refractivity contribution in [3.63, 3.8) is 0 Å². The Morgan fingerprint density at radius 1 is 1.50 bits per heavy atom. The lowest BCUT2D eigenvalue weighted by atomic mass is 10.4. The molecule has 82 valence electrons. The first-order valence-corrected chi connectivity index (χ1v) is 4.65. The molecule has 0 saturated heterocycles. The van der Waals surface area contributed by atoms with Gasteiger partial charge >= 0.3 is 0 Å². The summed E-state index contributed by atoms with van der Waals surface area (Å²) in [6, 6.07) is 1.23. The summed E-state index contributed by atoms with van der Waals surface area (Å²) in [6.45, 7) is 1.78. The standard InChI is InChI=1S/C8H6ClN5O2/c1-5-3-11-12-13(5)8-7(9)2-6(4-10-8)14(15)16/h2-4H,1H3. The van der Waals surface area contributed by atoms with Crippen molar-refractivity contribution in [2.45, 2.75) is 6.92 Å². The molecule has 0 fully saturated rings. The highest BCUT2D eigenvalue weighted by molar-refractivity contribution is 6.32. The van der Waals surface area contributed by atoms with E-state index >= 15 is 0 Å². The van der Waals surface area contributed by atoms with Crippen LogP contribution in [-0.4, -0.2) is 24.9 Å². The number of hydrogen-bond donors (Lipinski definition) is 0. The summed E-state index contributed by atoms with van der Waals surface area (Å²) in [5.41, 5.74) is 0.578. The van der Waals surface area contributed by atoms with Gasteiger partial charge in [0.25, 0.3) is 5.69 Å². The Bertz CT molecular complexity index is 553. The second-order valence-corrected chi connectivity index (χ2v) is 3.45. The Hall–Kier alpha value is -2.02. The molecular weight excluding hydrogens is 234 g/mol. The summed E-state index contributed by atoms with van der Waals surface area (Å²) >= 11 is 5.88. The van der Waals surface area contributed by atoms with Crippen LogP contribution in [-0.2, 0) is 0 Å². The van der Waals surface area contributed by atoms with Gasteiger partial charge in [-0.15, -0.1) is 5.10 Å². The molecule has 0 saturated carbocycles. The van der Waals surface area contributed by atoms with Gasteiger partial charge in [-0.1, -0.05) is 16.8 Å². The highest BCUT2D eigenvalue weighted by Gasteiger charge is 2.13. The van der Waals surface area contributed by atoms with Crippen LogP contribution in [0.5, 0.6) is 0 Å². The van der Waals surface area contributed by atoms with Crippen LogP contribution in [0, 0.1) is 17.0 Å². The Kier molecular flexibility index (Phi) is 2.53. The lowest BCUT2D eigenvalue weighted by Gasteiger charge is -2.03. The van der Waals surface area contributed by atoms with Crippen molar-refractivity contribution in [2.75, 3.05) is 0 Å². The molecule has 0 bridgehead atoms. The smallest absolute Gasteiger partial charge is 0.258 e. The Balaban J connectivity index is 2.52. The van der Waals surface area contributed by atoms with Gasteiger partial charge in [0.15, 0.2) is 5.82 Å². The van der Waals surface area contributed by atoms with Crippen LogP contribution in [0.3, 0.4) is 0 Å². The monoisotopic (exact) mass is 239 g/mol. The third kappa shape index (κ3) is 1.72. The number of nitrogens with zero attached hydrogens (tertiary/aromatic N) is 5. The molecule has 2 rings (SSSR count). The second-order valence-electron chi connectivity index (χ2n) is 3.04. The van der Waals surface area contributed by atoms with Gasteiger partial charge in [-0.05, 0) is 6.92 Å². The third-order valence-corrected chi connectivity index (χ3v) is 2.22. The largest absolute Gasteiger partial charge is 0.289 e. The van der Waals surface area contributed by atoms with Crippen molar-refractivity contribution in [1.82, 2.24) is 20.0 Å². The van der Waals surface area contributed by atoms with Crippen LogP contribution < -0.4 is 0 Å². The maximum atomic E-state index is 10.5. The number of aryl methyl sites for hydroxylation is 1. The zero-order chi connectivity index (χ0) is 11.7. The van der Waals surface area contributed by atoms with E-state index in [1.165, 1.54) is 10.7 Å². The van der Waals surface area contributed by atoms with Crippen molar-refractivity contribution < 1.29 is 4.92 Å². The SMILES string of the molecule is Cc1cnnn1-c1ncc([N+](=O)[O-])cc1Cl. The van der Waals surface area contributed by atoms with E-state index < -0.39 is 4.92 Å². The molecule has 0 aliphatic heterocycles. The van der Waals surface area contributed by atoms with E-state index in [9.17, 15) is 10.1 Å². The fourth-order valence-corrected chi connectivity index (χ4v) is 1.41. The van der Waals surface area contributed by atoms with Crippen LogP contribution in [0.25, 0.3) is 5.82 Å². The number of halogens is 1. The van der Waals surface area contributed by atoms with Crippen LogP contribution in [0.1, 0.15) is 5.69 Å². The fourth-order valence-electron chi connectivity index (χ4n) is 1.17. The minimum atomic E-state index is -0.559. The molecule has 0 N–H and O–H groups in total. The van der Waals surface area contributed by atoms with E-state index in [2.05, 4.69) is 15.3 Å². The number of pyridine rings is 1. The van der Waals surface area contributed by atoms with Gasteiger partial charge in [0.2, 0.25) is 0 Å². The van der Waals surface area contributed by atoms with E-state index in [1.54, 1.807) is 13.1 Å². The Morgan fingerprint density at radius 2 is 2.25 bits per heavy atom. The van der Waals surface area contributed by atoms with Gasteiger partial charge in [-0.3, -0.25) is 10.1 Å². The van der Waals surface area contributed by atoms with Gasteiger partial charge < -0.3 is 0 Å². The molecule has 2 heterocycles. The second kappa shape index (κ2) is 3.86. The van der Waals surface area contributed by atoms with E-state index in [0.29, 0.717) is 5.82 Å². The van der Waals surface area contributed by atoms with Crippen molar-refractivity contribution >= 4 is 17.3 Å². The first-order valence-electron chi connectivity index (χ1n) is 4.27. The van der Waals surface area contributed by atoms with E-state index in [4.69, 9.17) is 11.6 Å². The molecule has 0 radical (unpaired) electrons. The number of nitro groups is 1. The average Bonchev–Trinajstić information content (AvgIpc) is 2.64. The summed E-state index contributed by atoms with van der Waals surface area (Å²) in [6.07, 6.45) is 2.67. The Labute approximate surface area is 94.8 Å². The van der Waals surface area contributed by atoms with E-state index in [1.807, 2.05) is 0 Å². The number of aromatic nitrogens is 4. The molecule has 0 aliphatic carbocycles. The van der Waals surface area contributed by atoms with E-state index in [0.717, 1.165) is 11.9 Å². The van der Waals surface area contributed by atoms with Crippen molar-refractivity contribution in [1.29, 1.82) is 0 Å². The summed E-state index contributed by atoms with van der Waals surface area (Å²) in [5.74, 6) is 0.322. The predicted molar refractivity (Wildman–Crippen MR) is 55.6 cm³/mol. The maximum absolute atomic E-state index is 10.5. The molecule has 0 aliphatic rings. The molecule has 0 atom stereocenters. The normalized spacial score (nSPS) is 10.4. The van der Waals surface area contributed by atoms with Crippen molar-refractivity contribution in [3.8, 4) is 5.82 Å². The summed E-state index contributed by atoms with van der Waals surface area (Å²) < 4.78 is 1.41. The van der Waals surface area contributed by atoms with E-state index in [-0.39, 0.29) is 10.7 Å². The number of rotatable bonds is 2. The Morgan fingerprint density at radius 3 is 2.75 bits per heavy atom. The van der Waals surface area contributed by atoms with Gasteiger partial charge in [0.1, 0.15) is 6.20 Å². The van der Waals surface area contributed by atoms with Gasteiger partial charge in [0, 0.05) is 6.07 Å². The molecular formula is C8H6ClN5O2. The van der Waals surface area contributed by atoms with Gasteiger partial charge in [-0.2, -0.15) is 4.68 Å². The first kappa shape index (κ1) is 10.5. The predicted octanol–water partition coefficient (Wildman–Crippen LogP) is 1.53. The molecule has 0 spiro atoms. The summed E-state index contributed by atoms with van der Waals surface area (Å²) in [7, 11) is 0. The quantitative estimate of drug-likeness (QED) is 0.586. The zero-order valence-corrected chi connectivity index (χ0v) is 8.92. The van der Waals surface area contributed by atoms with Gasteiger partial charge in [0.05, 0.1) is 21.8 Å². The fraction of sp³-hybridized carbons (Fsp3) is 0.125. The van der Waals surface area contributed by atoms with Crippen LogP contribution in [0.4, 0.5) is 5.69 Å². The minimum absolute atomic E-state index is 0.155. The zero-order valence-electron chi connectivity index (χ0n) is 8.16. The van der Waals surface area contributed by atoms with Crippen LogP contribution in [0.2, 0.25) is 5.02 Å². The summed E-state index contributed by atoms with van der Waals surface area (Å²) in [4.78, 5) is 13.8. The number of hydrogen-bond acceptors (Lipinski definition) is 5. The third-order valence-electron chi connectivity index (χ3n) is 1.94. The van der Waals surface area contributed by atoms with Crippen molar-refractivity contribution in [2.24, 2.45) is 0 Å². The lowest BCUT2D eigenvalue weighted by Crippen LogP contribution is -2.03. The highest BCUT2D eigenvalue weighted by atomic mass is 35.5. The molecule has 0 aromatic carbocycles. The highest BCUT2D eigenvalue weighted by Crippen LogP contribution is 2.22. The van der Waals surface area contributed by atoms with Crippen LogP contribution >= 0.6 is 11.6 Å². The minimum Gasteiger partial charge on any atom is -0.258 e. The molecule has 7 nitrogen and oxygen atoms in total. The molecule has 0 amide bonds.